The molecule has 0 fully saturated rings. The fourth-order valence-corrected chi connectivity index (χ4v) is 1.96. The monoisotopic (exact) mass is 239 g/mol. The van der Waals surface area contributed by atoms with E-state index < -0.39 is 0 Å². The summed E-state index contributed by atoms with van der Waals surface area (Å²) in [5.41, 5.74) is 5.98. The second-order valence-corrected chi connectivity index (χ2v) is 4.63. The van der Waals surface area contributed by atoms with E-state index in [1.807, 2.05) is 0 Å². The molecule has 1 aromatic rings. The zero-order valence-corrected chi connectivity index (χ0v) is 11.3. The normalized spacial score (nSPS) is 14.8. The minimum atomic E-state index is -0.0822. The van der Waals surface area contributed by atoms with E-state index in [-0.39, 0.29) is 6.04 Å². The van der Waals surface area contributed by atoms with Crippen LogP contribution in [0.1, 0.15) is 83.0 Å². The van der Waals surface area contributed by atoms with E-state index in [2.05, 4.69) is 30.9 Å². The van der Waals surface area contributed by atoms with Gasteiger partial charge < -0.3 is 10.3 Å². The number of unbranched alkanes of at least 4 members (excludes halogenated alkanes) is 1. The highest BCUT2D eigenvalue weighted by molar-refractivity contribution is 4.97. The number of hydrogen-bond acceptors (Lipinski definition) is 4. The first kappa shape index (κ1) is 14.2. The van der Waals surface area contributed by atoms with E-state index in [1.165, 1.54) is 12.8 Å². The largest absolute Gasteiger partial charge is 0.339 e. The summed E-state index contributed by atoms with van der Waals surface area (Å²) in [4.78, 5) is 4.45. The molecule has 0 aliphatic rings. The minimum absolute atomic E-state index is 0.0822. The van der Waals surface area contributed by atoms with Crippen molar-refractivity contribution in [1.29, 1.82) is 0 Å². The van der Waals surface area contributed by atoms with Gasteiger partial charge >= 0.3 is 0 Å². The third-order valence-corrected chi connectivity index (χ3v) is 3.14. The Kier molecular flexibility index (Phi) is 6.19. The number of nitrogens with zero attached hydrogens (tertiary/aromatic N) is 2. The Hall–Kier alpha value is -0.900. The van der Waals surface area contributed by atoms with Gasteiger partial charge in [0.15, 0.2) is 5.82 Å². The van der Waals surface area contributed by atoms with Gasteiger partial charge in [-0.2, -0.15) is 4.98 Å². The van der Waals surface area contributed by atoms with E-state index in [9.17, 15) is 0 Å². The van der Waals surface area contributed by atoms with Crippen LogP contribution in [-0.2, 0) is 0 Å². The van der Waals surface area contributed by atoms with Crippen LogP contribution in [0.5, 0.6) is 0 Å². The molecule has 1 aromatic heterocycles. The van der Waals surface area contributed by atoms with Gasteiger partial charge in [-0.25, -0.2) is 0 Å². The molecular formula is C13H25N3O. The first-order valence-corrected chi connectivity index (χ1v) is 6.81. The molecule has 0 amide bonds. The highest BCUT2D eigenvalue weighted by Crippen LogP contribution is 2.25. The van der Waals surface area contributed by atoms with Crippen molar-refractivity contribution in [3.63, 3.8) is 0 Å². The van der Waals surface area contributed by atoms with Gasteiger partial charge in [-0.3, -0.25) is 0 Å². The first-order chi connectivity index (χ1) is 8.22. The fourth-order valence-electron chi connectivity index (χ4n) is 1.96. The topological polar surface area (TPSA) is 64.9 Å². The molecule has 4 nitrogen and oxygen atoms in total. The van der Waals surface area contributed by atoms with Crippen molar-refractivity contribution in [3.05, 3.63) is 11.7 Å². The molecule has 98 valence electrons. The summed E-state index contributed by atoms with van der Waals surface area (Å²) in [7, 11) is 0. The van der Waals surface area contributed by atoms with Crippen molar-refractivity contribution in [1.82, 2.24) is 10.1 Å². The van der Waals surface area contributed by atoms with Gasteiger partial charge in [-0.05, 0) is 19.3 Å². The van der Waals surface area contributed by atoms with Gasteiger partial charge in [0.25, 0.3) is 0 Å². The smallest absolute Gasteiger partial charge is 0.229 e. The highest BCUT2D eigenvalue weighted by atomic mass is 16.5. The van der Waals surface area contributed by atoms with E-state index in [0.717, 1.165) is 31.6 Å². The Labute approximate surface area is 104 Å². The molecule has 0 spiro atoms. The van der Waals surface area contributed by atoms with Crippen LogP contribution >= 0.6 is 0 Å². The summed E-state index contributed by atoms with van der Waals surface area (Å²) in [6.45, 7) is 6.47. The van der Waals surface area contributed by atoms with Crippen LogP contribution < -0.4 is 5.73 Å². The van der Waals surface area contributed by atoms with E-state index >= 15 is 0 Å². The summed E-state index contributed by atoms with van der Waals surface area (Å²) >= 11 is 0. The molecule has 2 atom stereocenters. The van der Waals surface area contributed by atoms with Gasteiger partial charge in [0.1, 0.15) is 0 Å². The maximum Gasteiger partial charge on any atom is 0.229 e. The van der Waals surface area contributed by atoms with Crippen LogP contribution in [0.4, 0.5) is 0 Å². The molecule has 0 aromatic carbocycles. The molecular weight excluding hydrogens is 214 g/mol. The van der Waals surface area contributed by atoms with Crippen molar-refractivity contribution in [2.24, 2.45) is 5.73 Å². The molecule has 0 saturated heterocycles. The van der Waals surface area contributed by atoms with Crippen molar-refractivity contribution in [2.75, 3.05) is 0 Å². The zero-order chi connectivity index (χ0) is 12.7. The summed E-state index contributed by atoms with van der Waals surface area (Å²) in [5.74, 6) is 1.82. The molecule has 0 bridgehead atoms. The molecule has 1 heterocycles. The Morgan fingerprint density at radius 1 is 1.18 bits per heavy atom. The summed E-state index contributed by atoms with van der Waals surface area (Å²) in [5, 5.41) is 4.00. The van der Waals surface area contributed by atoms with Crippen molar-refractivity contribution >= 4 is 0 Å². The number of nitrogens with two attached hydrogens (primary N) is 1. The Bertz CT molecular complexity index is 311. The summed E-state index contributed by atoms with van der Waals surface area (Å²) in [6, 6.07) is -0.0822. The zero-order valence-electron chi connectivity index (χ0n) is 11.3. The van der Waals surface area contributed by atoms with Crippen molar-refractivity contribution in [2.45, 2.75) is 71.3 Å². The highest BCUT2D eigenvalue weighted by Gasteiger charge is 2.19. The second kappa shape index (κ2) is 7.43. The summed E-state index contributed by atoms with van der Waals surface area (Å²) in [6.07, 6.45) is 6.52. The fraction of sp³-hybridized carbons (Fsp3) is 0.846. The van der Waals surface area contributed by atoms with E-state index in [1.54, 1.807) is 0 Å². The van der Waals surface area contributed by atoms with Crippen LogP contribution in [-0.4, -0.2) is 10.1 Å². The predicted octanol–water partition coefficient (Wildman–Crippen LogP) is 3.55. The van der Waals surface area contributed by atoms with E-state index in [4.69, 9.17) is 10.3 Å². The molecule has 2 N–H and O–H groups in total. The van der Waals surface area contributed by atoms with E-state index in [0.29, 0.717) is 11.7 Å². The summed E-state index contributed by atoms with van der Waals surface area (Å²) < 4.78 is 5.34. The molecule has 0 saturated carbocycles. The number of hydrogen-bond donors (Lipinski definition) is 1. The maximum atomic E-state index is 5.98. The number of rotatable bonds is 8. The number of aromatic nitrogens is 2. The van der Waals surface area contributed by atoms with Gasteiger partial charge in [0.05, 0.1) is 6.04 Å². The van der Waals surface area contributed by atoms with Gasteiger partial charge in [-0.15, -0.1) is 0 Å². The van der Waals surface area contributed by atoms with Crippen LogP contribution in [0.3, 0.4) is 0 Å². The second-order valence-electron chi connectivity index (χ2n) is 4.63. The molecule has 4 heteroatoms. The average molecular weight is 239 g/mol. The molecule has 0 aliphatic heterocycles. The van der Waals surface area contributed by atoms with Gasteiger partial charge in [-0.1, -0.05) is 45.2 Å². The van der Waals surface area contributed by atoms with Crippen LogP contribution in [0, 0.1) is 0 Å². The molecule has 0 radical (unpaired) electrons. The standard InChI is InChI=1S/C13H25N3O/c1-4-7-9-10(6-3)13-15-12(16-17-13)11(14)8-5-2/h10-11H,4-9,14H2,1-3H3. The Balaban J connectivity index is 2.64. The van der Waals surface area contributed by atoms with Crippen LogP contribution in [0.25, 0.3) is 0 Å². The third-order valence-electron chi connectivity index (χ3n) is 3.14. The molecule has 1 rings (SSSR count). The lowest BCUT2D eigenvalue weighted by Gasteiger charge is -2.08. The third kappa shape index (κ3) is 4.11. The quantitative estimate of drug-likeness (QED) is 0.753. The Morgan fingerprint density at radius 2 is 1.94 bits per heavy atom. The van der Waals surface area contributed by atoms with Crippen molar-refractivity contribution in [3.8, 4) is 0 Å². The van der Waals surface area contributed by atoms with Crippen LogP contribution in [0.2, 0.25) is 0 Å². The molecule has 0 aliphatic carbocycles. The predicted molar refractivity (Wildman–Crippen MR) is 68.7 cm³/mol. The molecule has 17 heavy (non-hydrogen) atoms. The lowest BCUT2D eigenvalue weighted by molar-refractivity contribution is 0.334. The Morgan fingerprint density at radius 3 is 2.53 bits per heavy atom. The lowest BCUT2D eigenvalue weighted by Crippen LogP contribution is -2.11. The van der Waals surface area contributed by atoms with Crippen molar-refractivity contribution < 1.29 is 4.52 Å². The SMILES string of the molecule is CCCCC(CC)c1nc(C(N)CCC)no1. The molecule has 2 unspecified atom stereocenters. The van der Waals surface area contributed by atoms with Crippen LogP contribution in [0.15, 0.2) is 4.52 Å². The van der Waals surface area contributed by atoms with Gasteiger partial charge in [0.2, 0.25) is 5.89 Å². The minimum Gasteiger partial charge on any atom is -0.339 e. The average Bonchev–Trinajstić information content (AvgIpc) is 2.80. The van der Waals surface area contributed by atoms with Gasteiger partial charge in [0, 0.05) is 5.92 Å². The maximum absolute atomic E-state index is 5.98. The lowest BCUT2D eigenvalue weighted by atomic mass is 9.99. The first-order valence-electron chi connectivity index (χ1n) is 6.81.